The second kappa shape index (κ2) is 6.40. The van der Waals surface area contributed by atoms with E-state index in [4.69, 9.17) is 0 Å². The summed E-state index contributed by atoms with van der Waals surface area (Å²) in [7, 11) is 0. The molecule has 14 heavy (non-hydrogen) atoms. The van der Waals surface area contributed by atoms with Crippen molar-refractivity contribution in [3.05, 3.63) is 0 Å². The number of amides is 1. The Hall–Kier alpha value is -0.0900. The van der Waals surface area contributed by atoms with Crippen molar-refractivity contribution < 1.29 is 9.90 Å². The lowest BCUT2D eigenvalue weighted by molar-refractivity contribution is -0.133. The van der Waals surface area contributed by atoms with Crippen LogP contribution in [0.5, 0.6) is 0 Å². The molecule has 3 nitrogen and oxygen atoms in total. The summed E-state index contributed by atoms with van der Waals surface area (Å²) in [6.07, 6.45) is 4.86. The van der Waals surface area contributed by atoms with E-state index in [2.05, 4.69) is 15.9 Å². The fourth-order valence-corrected chi connectivity index (χ4v) is 2.26. The molecule has 82 valence electrons. The molecule has 0 aromatic heterocycles. The number of halogens is 1. The lowest BCUT2D eigenvalue weighted by Crippen LogP contribution is -2.42. The number of hydrogen-bond acceptors (Lipinski definition) is 2. The minimum Gasteiger partial charge on any atom is -0.394 e. The lowest BCUT2D eigenvalue weighted by atomic mass is 10.1. The minimum atomic E-state index is 0.0593. The number of alkyl halides is 1. The second-order valence-electron chi connectivity index (χ2n) is 3.71. The molecule has 0 bridgehead atoms. The Kier molecular flexibility index (Phi) is 5.48. The van der Waals surface area contributed by atoms with Crippen molar-refractivity contribution in [2.75, 3.05) is 18.5 Å². The van der Waals surface area contributed by atoms with Gasteiger partial charge in [-0.1, -0.05) is 28.8 Å². The van der Waals surface area contributed by atoms with Crippen LogP contribution in [0.4, 0.5) is 0 Å². The first kappa shape index (κ1) is 12.0. The first-order valence-corrected chi connectivity index (χ1v) is 6.38. The molecule has 1 N–H and O–H groups in total. The molecule has 0 aliphatic carbocycles. The van der Waals surface area contributed by atoms with Crippen LogP contribution in [0.1, 0.15) is 32.1 Å². The summed E-state index contributed by atoms with van der Waals surface area (Å²) in [5.41, 5.74) is 0. The number of rotatable bonds is 3. The monoisotopic (exact) mass is 263 g/mol. The molecule has 1 aliphatic rings. The Labute approximate surface area is 93.6 Å². The maximum absolute atomic E-state index is 11.7. The van der Waals surface area contributed by atoms with Gasteiger partial charge in [0.2, 0.25) is 5.91 Å². The maximum atomic E-state index is 11.7. The van der Waals surface area contributed by atoms with Crippen molar-refractivity contribution in [1.82, 2.24) is 4.90 Å². The van der Waals surface area contributed by atoms with Crippen LogP contribution in [0, 0.1) is 0 Å². The highest BCUT2D eigenvalue weighted by Gasteiger charge is 2.23. The number of likely N-dealkylation sites (tertiary alicyclic amines) is 1. The zero-order chi connectivity index (χ0) is 10.4. The van der Waals surface area contributed by atoms with E-state index in [0.717, 1.165) is 25.8 Å². The molecule has 1 atom stereocenters. The molecule has 0 aromatic rings. The summed E-state index contributed by atoms with van der Waals surface area (Å²) < 4.78 is 0. The van der Waals surface area contributed by atoms with E-state index in [-0.39, 0.29) is 18.6 Å². The molecule has 1 aliphatic heterocycles. The van der Waals surface area contributed by atoms with E-state index in [1.807, 2.05) is 4.90 Å². The van der Waals surface area contributed by atoms with Gasteiger partial charge in [-0.3, -0.25) is 4.79 Å². The summed E-state index contributed by atoms with van der Waals surface area (Å²) in [4.78, 5) is 13.6. The van der Waals surface area contributed by atoms with Crippen molar-refractivity contribution in [3.63, 3.8) is 0 Å². The Morgan fingerprint density at radius 1 is 1.43 bits per heavy atom. The molecule has 1 heterocycles. The Balaban J connectivity index is 2.55. The van der Waals surface area contributed by atoms with Gasteiger partial charge in [0.25, 0.3) is 0 Å². The summed E-state index contributed by atoms with van der Waals surface area (Å²) in [5.74, 6) is 0.169. The molecule has 0 radical (unpaired) electrons. The number of carbonyl (C=O) groups is 1. The highest BCUT2D eigenvalue weighted by Crippen LogP contribution is 2.17. The number of nitrogens with zero attached hydrogens (tertiary/aromatic N) is 1. The topological polar surface area (TPSA) is 40.5 Å². The van der Waals surface area contributed by atoms with Gasteiger partial charge in [-0.2, -0.15) is 0 Å². The zero-order valence-electron chi connectivity index (χ0n) is 8.41. The van der Waals surface area contributed by atoms with Gasteiger partial charge in [0.15, 0.2) is 0 Å². The number of carbonyl (C=O) groups excluding carboxylic acids is 1. The third-order valence-electron chi connectivity index (χ3n) is 2.72. The van der Waals surface area contributed by atoms with Gasteiger partial charge in [-0.05, 0) is 12.8 Å². The van der Waals surface area contributed by atoms with E-state index in [1.54, 1.807) is 0 Å². The molecular formula is C10H18BrNO2. The SMILES string of the molecule is O=C(CCBr)N1CCCCCC1CO. The minimum absolute atomic E-state index is 0.0593. The number of hydrogen-bond donors (Lipinski definition) is 1. The second-order valence-corrected chi connectivity index (χ2v) is 4.50. The van der Waals surface area contributed by atoms with Gasteiger partial charge in [-0.15, -0.1) is 0 Å². The number of aliphatic hydroxyl groups excluding tert-OH is 1. The zero-order valence-corrected chi connectivity index (χ0v) is 10.0. The predicted molar refractivity (Wildman–Crippen MR) is 59.5 cm³/mol. The summed E-state index contributed by atoms with van der Waals surface area (Å²) >= 11 is 3.27. The Bertz CT molecular complexity index is 187. The molecule has 0 spiro atoms. The van der Waals surface area contributed by atoms with E-state index < -0.39 is 0 Å². The fourth-order valence-electron chi connectivity index (χ4n) is 1.92. The maximum Gasteiger partial charge on any atom is 0.223 e. The van der Waals surface area contributed by atoms with Crippen LogP contribution in [0.25, 0.3) is 0 Å². The van der Waals surface area contributed by atoms with Gasteiger partial charge in [0, 0.05) is 18.3 Å². The highest BCUT2D eigenvalue weighted by molar-refractivity contribution is 9.09. The molecule has 1 fully saturated rings. The van der Waals surface area contributed by atoms with Crippen LogP contribution < -0.4 is 0 Å². The smallest absolute Gasteiger partial charge is 0.223 e. The molecule has 4 heteroatoms. The van der Waals surface area contributed by atoms with E-state index in [0.29, 0.717) is 11.8 Å². The predicted octanol–water partition coefficient (Wildman–Crippen LogP) is 1.53. The standard InChI is InChI=1S/C10H18BrNO2/c11-6-5-10(14)12-7-3-1-2-4-9(12)8-13/h9,13H,1-8H2. The molecular weight excluding hydrogens is 246 g/mol. The lowest BCUT2D eigenvalue weighted by Gasteiger charge is -2.28. The fraction of sp³-hybridized carbons (Fsp3) is 0.900. The third-order valence-corrected chi connectivity index (χ3v) is 3.11. The highest BCUT2D eigenvalue weighted by atomic mass is 79.9. The van der Waals surface area contributed by atoms with E-state index in [1.165, 1.54) is 6.42 Å². The molecule has 0 saturated carbocycles. The third kappa shape index (κ3) is 3.24. The van der Waals surface area contributed by atoms with Crippen molar-refractivity contribution in [3.8, 4) is 0 Å². The van der Waals surface area contributed by atoms with Crippen LogP contribution >= 0.6 is 15.9 Å². The van der Waals surface area contributed by atoms with Crippen LogP contribution in [0.3, 0.4) is 0 Å². The molecule has 1 amide bonds. The molecule has 1 unspecified atom stereocenters. The number of aliphatic hydroxyl groups is 1. The van der Waals surface area contributed by atoms with Crippen molar-refractivity contribution in [1.29, 1.82) is 0 Å². The average molecular weight is 264 g/mol. The summed E-state index contributed by atoms with van der Waals surface area (Å²) in [6.45, 7) is 0.922. The van der Waals surface area contributed by atoms with Gasteiger partial charge in [0.1, 0.15) is 0 Å². The van der Waals surface area contributed by atoms with E-state index >= 15 is 0 Å². The van der Waals surface area contributed by atoms with Gasteiger partial charge in [0.05, 0.1) is 12.6 Å². The van der Waals surface area contributed by atoms with Crippen LogP contribution in [0.15, 0.2) is 0 Å². The molecule has 1 rings (SSSR count). The largest absolute Gasteiger partial charge is 0.394 e. The van der Waals surface area contributed by atoms with Crippen molar-refractivity contribution in [2.45, 2.75) is 38.1 Å². The summed E-state index contributed by atoms with van der Waals surface area (Å²) in [5, 5.41) is 9.91. The van der Waals surface area contributed by atoms with E-state index in [9.17, 15) is 9.90 Å². The average Bonchev–Trinajstić information content (AvgIpc) is 2.42. The first-order valence-electron chi connectivity index (χ1n) is 5.26. The van der Waals surface area contributed by atoms with Crippen LogP contribution in [-0.2, 0) is 4.79 Å². The molecule has 1 saturated heterocycles. The Morgan fingerprint density at radius 2 is 2.21 bits per heavy atom. The normalized spacial score (nSPS) is 23.3. The van der Waals surface area contributed by atoms with Crippen LogP contribution in [0.2, 0.25) is 0 Å². The van der Waals surface area contributed by atoms with Gasteiger partial charge >= 0.3 is 0 Å². The van der Waals surface area contributed by atoms with Crippen LogP contribution in [-0.4, -0.2) is 40.4 Å². The van der Waals surface area contributed by atoms with Crippen molar-refractivity contribution >= 4 is 21.8 Å². The molecule has 0 aromatic carbocycles. The van der Waals surface area contributed by atoms with Gasteiger partial charge in [-0.25, -0.2) is 0 Å². The van der Waals surface area contributed by atoms with Gasteiger partial charge < -0.3 is 10.0 Å². The Morgan fingerprint density at radius 3 is 2.86 bits per heavy atom. The quantitative estimate of drug-likeness (QED) is 0.785. The van der Waals surface area contributed by atoms with Crippen molar-refractivity contribution in [2.24, 2.45) is 0 Å². The first-order chi connectivity index (χ1) is 6.79. The summed E-state index contributed by atoms with van der Waals surface area (Å²) in [6, 6.07) is 0.0593.